The Labute approximate surface area is 95.2 Å². The molecule has 0 bridgehead atoms. The molecule has 2 N–H and O–H groups in total. The summed E-state index contributed by atoms with van der Waals surface area (Å²) in [5.41, 5.74) is 0.553. The van der Waals surface area contributed by atoms with Crippen LogP contribution >= 0.6 is 0 Å². The third-order valence-electron chi connectivity index (χ3n) is 2.08. The van der Waals surface area contributed by atoms with Gasteiger partial charge in [0.1, 0.15) is 6.61 Å². The van der Waals surface area contributed by atoms with Crippen molar-refractivity contribution < 1.29 is 14.6 Å². The highest BCUT2D eigenvalue weighted by molar-refractivity contribution is 5.89. The maximum Gasteiger partial charge on any atom is 0.338 e. The van der Waals surface area contributed by atoms with Crippen molar-refractivity contribution in [2.24, 2.45) is 0 Å². The normalized spacial score (nSPS) is 12.1. The largest absolute Gasteiger partial charge is 0.460 e. The van der Waals surface area contributed by atoms with Gasteiger partial charge in [-0.3, -0.25) is 0 Å². The van der Waals surface area contributed by atoms with Crippen LogP contribution < -0.4 is 5.32 Å². The number of aliphatic hydroxyl groups excluding tert-OH is 1. The summed E-state index contributed by atoms with van der Waals surface area (Å²) in [6, 6.07) is 8.92. The van der Waals surface area contributed by atoms with Crippen LogP contribution in [0.3, 0.4) is 0 Å². The Hall–Kier alpha value is -1.39. The van der Waals surface area contributed by atoms with E-state index in [1.165, 1.54) is 0 Å². The topological polar surface area (TPSA) is 58.6 Å². The average molecular weight is 223 g/mol. The lowest BCUT2D eigenvalue weighted by Crippen LogP contribution is -2.33. The van der Waals surface area contributed by atoms with Crippen LogP contribution in [0.5, 0.6) is 0 Å². The summed E-state index contributed by atoms with van der Waals surface area (Å²) in [4.78, 5) is 11.5. The first-order valence-corrected chi connectivity index (χ1v) is 5.30. The number of hydrogen-bond donors (Lipinski definition) is 2. The van der Waals surface area contributed by atoms with Gasteiger partial charge in [-0.1, -0.05) is 18.2 Å². The molecular formula is C12H17NO3. The van der Waals surface area contributed by atoms with Crippen molar-refractivity contribution in [3.63, 3.8) is 0 Å². The molecule has 88 valence electrons. The van der Waals surface area contributed by atoms with Gasteiger partial charge < -0.3 is 15.2 Å². The van der Waals surface area contributed by atoms with E-state index < -0.39 is 0 Å². The minimum Gasteiger partial charge on any atom is -0.460 e. The molecule has 1 aromatic rings. The average Bonchev–Trinajstić information content (AvgIpc) is 2.34. The lowest BCUT2D eigenvalue weighted by molar-refractivity contribution is 0.0471. The Morgan fingerprint density at radius 2 is 2.12 bits per heavy atom. The fourth-order valence-corrected chi connectivity index (χ4v) is 1.23. The highest BCUT2D eigenvalue weighted by atomic mass is 16.5. The van der Waals surface area contributed by atoms with E-state index in [1.807, 2.05) is 13.0 Å². The summed E-state index contributed by atoms with van der Waals surface area (Å²) in [5, 5.41) is 11.6. The number of benzene rings is 1. The summed E-state index contributed by atoms with van der Waals surface area (Å²) >= 11 is 0. The fraction of sp³-hybridized carbons (Fsp3) is 0.417. The highest BCUT2D eigenvalue weighted by Crippen LogP contribution is 2.01. The molecule has 1 atom stereocenters. The zero-order valence-electron chi connectivity index (χ0n) is 9.35. The van der Waals surface area contributed by atoms with Gasteiger partial charge >= 0.3 is 5.97 Å². The molecule has 0 aliphatic heterocycles. The maximum absolute atomic E-state index is 11.5. The first-order valence-electron chi connectivity index (χ1n) is 5.30. The highest BCUT2D eigenvalue weighted by Gasteiger charge is 2.08. The number of ether oxygens (including phenoxy) is 1. The summed E-state index contributed by atoms with van der Waals surface area (Å²) in [6.45, 7) is 2.78. The molecule has 4 nitrogen and oxygen atoms in total. The molecule has 1 unspecified atom stereocenters. The van der Waals surface area contributed by atoms with Crippen LogP contribution in [0.2, 0.25) is 0 Å². The first-order chi connectivity index (χ1) is 7.74. The molecule has 4 heteroatoms. The quantitative estimate of drug-likeness (QED) is 0.701. The van der Waals surface area contributed by atoms with Crippen LogP contribution in [0, 0.1) is 0 Å². The molecule has 0 spiro atoms. The van der Waals surface area contributed by atoms with E-state index in [4.69, 9.17) is 9.84 Å². The molecule has 0 amide bonds. The molecule has 0 fully saturated rings. The van der Waals surface area contributed by atoms with E-state index >= 15 is 0 Å². The van der Waals surface area contributed by atoms with Gasteiger partial charge in [-0.05, 0) is 19.1 Å². The number of rotatable bonds is 6. The van der Waals surface area contributed by atoms with Crippen LogP contribution in [0.25, 0.3) is 0 Å². The SMILES string of the molecule is CC(COC(=O)c1ccccc1)NCCO. The van der Waals surface area contributed by atoms with Crippen LogP contribution in [-0.4, -0.2) is 36.9 Å². The predicted molar refractivity (Wildman–Crippen MR) is 61.3 cm³/mol. The molecule has 1 rings (SSSR count). The maximum atomic E-state index is 11.5. The van der Waals surface area contributed by atoms with Crippen molar-refractivity contribution in [3.05, 3.63) is 35.9 Å². The lowest BCUT2D eigenvalue weighted by Gasteiger charge is -2.13. The van der Waals surface area contributed by atoms with Gasteiger partial charge in [-0.25, -0.2) is 4.79 Å². The van der Waals surface area contributed by atoms with Gasteiger partial charge in [-0.15, -0.1) is 0 Å². The lowest BCUT2D eigenvalue weighted by atomic mass is 10.2. The predicted octanol–water partition coefficient (Wildman–Crippen LogP) is 0.814. The molecule has 0 heterocycles. The molecule has 0 aromatic heterocycles. The van der Waals surface area contributed by atoms with Crippen molar-refractivity contribution in [1.82, 2.24) is 5.32 Å². The van der Waals surface area contributed by atoms with Crippen LogP contribution in [-0.2, 0) is 4.74 Å². The number of carbonyl (C=O) groups excluding carboxylic acids is 1. The van der Waals surface area contributed by atoms with Gasteiger partial charge in [0.25, 0.3) is 0 Å². The molecule has 0 aliphatic rings. The zero-order valence-corrected chi connectivity index (χ0v) is 9.35. The third-order valence-corrected chi connectivity index (χ3v) is 2.08. The molecule has 16 heavy (non-hydrogen) atoms. The number of aliphatic hydroxyl groups is 1. The second-order valence-corrected chi connectivity index (χ2v) is 3.54. The summed E-state index contributed by atoms with van der Waals surface area (Å²) in [6.07, 6.45) is 0. The van der Waals surface area contributed by atoms with Gasteiger partial charge in [0.05, 0.1) is 12.2 Å². The molecule has 0 radical (unpaired) electrons. The van der Waals surface area contributed by atoms with Crippen molar-refractivity contribution in [1.29, 1.82) is 0 Å². The van der Waals surface area contributed by atoms with Gasteiger partial charge in [0, 0.05) is 12.6 Å². The van der Waals surface area contributed by atoms with Gasteiger partial charge in [-0.2, -0.15) is 0 Å². The van der Waals surface area contributed by atoms with Crippen molar-refractivity contribution in [3.8, 4) is 0 Å². The Kier molecular flexibility index (Phi) is 5.53. The monoisotopic (exact) mass is 223 g/mol. The third kappa shape index (κ3) is 4.42. The van der Waals surface area contributed by atoms with Crippen molar-refractivity contribution >= 4 is 5.97 Å². The van der Waals surface area contributed by atoms with Crippen molar-refractivity contribution in [2.45, 2.75) is 13.0 Å². The Balaban J connectivity index is 2.30. The minimum absolute atomic E-state index is 0.0415. The number of hydrogen-bond acceptors (Lipinski definition) is 4. The van der Waals surface area contributed by atoms with E-state index in [2.05, 4.69) is 5.32 Å². The smallest absolute Gasteiger partial charge is 0.338 e. The van der Waals surface area contributed by atoms with E-state index in [1.54, 1.807) is 24.3 Å². The standard InChI is InChI=1S/C12H17NO3/c1-10(13-7-8-14)9-16-12(15)11-5-3-2-4-6-11/h2-6,10,13-14H,7-9H2,1H3. The molecule has 0 aliphatic carbocycles. The van der Waals surface area contributed by atoms with Gasteiger partial charge in [0.2, 0.25) is 0 Å². The van der Waals surface area contributed by atoms with E-state index in [0.29, 0.717) is 18.7 Å². The van der Waals surface area contributed by atoms with E-state index in [-0.39, 0.29) is 18.6 Å². The molecule has 0 saturated carbocycles. The first kappa shape index (κ1) is 12.7. The molecule has 1 aromatic carbocycles. The Morgan fingerprint density at radius 3 is 2.75 bits per heavy atom. The number of esters is 1. The minimum atomic E-state index is -0.321. The summed E-state index contributed by atoms with van der Waals surface area (Å²) < 4.78 is 5.10. The van der Waals surface area contributed by atoms with Crippen LogP contribution in [0.4, 0.5) is 0 Å². The molecule has 0 saturated heterocycles. The number of nitrogens with one attached hydrogen (secondary N) is 1. The van der Waals surface area contributed by atoms with Gasteiger partial charge in [0.15, 0.2) is 0 Å². The number of carbonyl (C=O) groups is 1. The Morgan fingerprint density at radius 1 is 1.44 bits per heavy atom. The summed E-state index contributed by atoms with van der Waals surface area (Å²) in [7, 11) is 0. The van der Waals surface area contributed by atoms with Crippen LogP contribution in [0.1, 0.15) is 17.3 Å². The Bertz CT molecular complexity index is 313. The van der Waals surface area contributed by atoms with Crippen LogP contribution in [0.15, 0.2) is 30.3 Å². The molecular weight excluding hydrogens is 206 g/mol. The fourth-order valence-electron chi connectivity index (χ4n) is 1.23. The zero-order chi connectivity index (χ0) is 11.8. The second-order valence-electron chi connectivity index (χ2n) is 3.54. The van der Waals surface area contributed by atoms with Crippen molar-refractivity contribution in [2.75, 3.05) is 19.8 Å². The van der Waals surface area contributed by atoms with E-state index in [0.717, 1.165) is 0 Å². The second kappa shape index (κ2) is 6.98. The summed E-state index contributed by atoms with van der Waals surface area (Å²) in [5.74, 6) is -0.321. The van der Waals surface area contributed by atoms with E-state index in [9.17, 15) is 4.79 Å².